The summed E-state index contributed by atoms with van der Waals surface area (Å²) in [6.45, 7) is 0.777. The van der Waals surface area contributed by atoms with Crippen LogP contribution < -0.4 is 11.1 Å². The molecule has 0 bridgehead atoms. The fraction of sp³-hybridized carbons (Fsp3) is 0.273. The molecule has 0 saturated heterocycles. The number of aromatic amines is 1. The third kappa shape index (κ3) is 2.38. The molecule has 1 aromatic heterocycles. The maximum atomic E-state index is 11.2. The van der Waals surface area contributed by atoms with Gasteiger partial charge in [-0.1, -0.05) is 12.1 Å². The van der Waals surface area contributed by atoms with Gasteiger partial charge in [-0.15, -0.1) is 0 Å². The number of H-pyrrole nitrogens is 1. The number of hydrogen-bond acceptors (Lipinski definition) is 3. The van der Waals surface area contributed by atoms with Crippen molar-refractivity contribution in [3.63, 3.8) is 0 Å². The van der Waals surface area contributed by atoms with E-state index in [0.29, 0.717) is 19.5 Å². The topological polar surface area (TPSA) is 83.8 Å². The van der Waals surface area contributed by atoms with Crippen LogP contribution in [0.2, 0.25) is 0 Å². The Morgan fingerprint density at radius 3 is 3.00 bits per heavy atom. The number of nitrogens with one attached hydrogen (secondary N) is 2. The SMILES string of the molecule is NCCC(=O)NCc1nc2ccccc2[nH]1. The van der Waals surface area contributed by atoms with Crippen molar-refractivity contribution in [2.45, 2.75) is 13.0 Å². The molecule has 84 valence electrons. The number of carbonyl (C=O) groups is 1. The summed E-state index contributed by atoms with van der Waals surface area (Å²) in [4.78, 5) is 18.7. The number of aromatic nitrogens is 2. The Hall–Kier alpha value is -1.88. The second-order valence-corrected chi connectivity index (χ2v) is 3.52. The Kier molecular flexibility index (Phi) is 3.16. The number of imidazole rings is 1. The van der Waals surface area contributed by atoms with Gasteiger partial charge < -0.3 is 16.0 Å². The van der Waals surface area contributed by atoms with Crippen LogP contribution in [0.15, 0.2) is 24.3 Å². The Bertz CT molecular complexity index is 458. The smallest absolute Gasteiger partial charge is 0.221 e. The average molecular weight is 218 g/mol. The highest BCUT2D eigenvalue weighted by Gasteiger charge is 2.03. The maximum absolute atomic E-state index is 11.2. The summed E-state index contributed by atoms with van der Waals surface area (Å²) >= 11 is 0. The summed E-state index contributed by atoms with van der Waals surface area (Å²) in [6, 6.07) is 7.75. The van der Waals surface area contributed by atoms with E-state index in [1.54, 1.807) is 0 Å². The van der Waals surface area contributed by atoms with Crippen molar-refractivity contribution in [2.75, 3.05) is 6.54 Å². The largest absolute Gasteiger partial charge is 0.349 e. The molecule has 0 spiro atoms. The average Bonchev–Trinajstić information content (AvgIpc) is 2.69. The summed E-state index contributed by atoms with van der Waals surface area (Å²) < 4.78 is 0. The summed E-state index contributed by atoms with van der Waals surface area (Å²) in [5, 5.41) is 2.75. The minimum Gasteiger partial charge on any atom is -0.349 e. The summed E-state index contributed by atoms with van der Waals surface area (Å²) in [7, 11) is 0. The number of amides is 1. The number of fused-ring (bicyclic) bond motifs is 1. The van der Waals surface area contributed by atoms with Crippen molar-refractivity contribution >= 4 is 16.9 Å². The molecule has 5 heteroatoms. The first kappa shape index (κ1) is 10.6. The summed E-state index contributed by atoms with van der Waals surface area (Å²) in [6.07, 6.45) is 0.347. The molecule has 0 atom stereocenters. The lowest BCUT2D eigenvalue weighted by Gasteiger charge is -2.00. The molecule has 0 fully saturated rings. The van der Waals surface area contributed by atoms with E-state index < -0.39 is 0 Å². The van der Waals surface area contributed by atoms with Crippen molar-refractivity contribution in [3.05, 3.63) is 30.1 Å². The van der Waals surface area contributed by atoms with Gasteiger partial charge in [0.2, 0.25) is 5.91 Å². The summed E-state index contributed by atoms with van der Waals surface area (Å²) in [5.74, 6) is 0.703. The Labute approximate surface area is 93.1 Å². The van der Waals surface area contributed by atoms with Gasteiger partial charge in [0.1, 0.15) is 5.82 Å². The molecule has 1 aromatic carbocycles. The lowest BCUT2D eigenvalue weighted by Crippen LogP contribution is -2.25. The van der Waals surface area contributed by atoms with E-state index in [-0.39, 0.29) is 5.91 Å². The maximum Gasteiger partial charge on any atom is 0.221 e. The number of benzene rings is 1. The Morgan fingerprint density at radius 2 is 2.25 bits per heavy atom. The molecule has 16 heavy (non-hydrogen) atoms. The second-order valence-electron chi connectivity index (χ2n) is 3.52. The molecule has 0 radical (unpaired) electrons. The van der Waals surface area contributed by atoms with Gasteiger partial charge in [-0.05, 0) is 12.1 Å². The number of nitrogens with two attached hydrogens (primary N) is 1. The van der Waals surface area contributed by atoms with E-state index in [0.717, 1.165) is 16.9 Å². The van der Waals surface area contributed by atoms with Crippen LogP contribution in [0.1, 0.15) is 12.2 Å². The van der Waals surface area contributed by atoms with Crippen LogP contribution in [0, 0.1) is 0 Å². The van der Waals surface area contributed by atoms with Gasteiger partial charge in [-0.25, -0.2) is 4.98 Å². The van der Waals surface area contributed by atoms with E-state index in [1.807, 2.05) is 24.3 Å². The van der Waals surface area contributed by atoms with E-state index in [4.69, 9.17) is 5.73 Å². The highest BCUT2D eigenvalue weighted by Crippen LogP contribution is 2.09. The molecule has 0 aliphatic rings. The van der Waals surface area contributed by atoms with Crippen molar-refractivity contribution in [1.82, 2.24) is 15.3 Å². The first-order valence-corrected chi connectivity index (χ1v) is 5.20. The van der Waals surface area contributed by atoms with Gasteiger partial charge in [0, 0.05) is 13.0 Å². The predicted octanol–water partition coefficient (Wildman–Crippen LogP) is 0.528. The highest BCUT2D eigenvalue weighted by atomic mass is 16.1. The van der Waals surface area contributed by atoms with Gasteiger partial charge >= 0.3 is 0 Å². The molecule has 0 saturated carbocycles. The molecule has 0 aliphatic heterocycles. The molecule has 2 aromatic rings. The highest BCUT2D eigenvalue weighted by molar-refractivity contribution is 5.77. The van der Waals surface area contributed by atoms with Crippen LogP contribution in [0.5, 0.6) is 0 Å². The normalized spacial score (nSPS) is 10.6. The van der Waals surface area contributed by atoms with Gasteiger partial charge in [-0.3, -0.25) is 4.79 Å². The molecule has 1 amide bonds. The van der Waals surface area contributed by atoms with Gasteiger partial charge in [0.05, 0.1) is 17.6 Å². The molecule has 4 N–H and O–H groups in total. The fourth-order valence-electron chi connectivity index (χ4n) is 1.49. The van der Waals surface area contributed by atoms with Crippen LogP contribution in [-0.4, -0.2) is 22.4 Å². The van der Waals surface area contributed by atoms with E-state index in [2.05, 4.69) is 15.3 Å². The number of para-hydroxylation sites is 2. The predicted molar refractivity (Wildman–Crippen MR) is 61.6 cm³/mol. The minimum absolute atomic E-state index is 0.0528. The number of carbonyl (C=O) groups excluding carboxylic acids is 1. The van der Waals surface area contributed by atoms with Crippen LogP contribution in [0.25, 0.3) is 11.0 Å². The minimum atomic E-state index is -0.0528. The lowest BCUT2D eigenvalue weighted by atomic mass is 10.3. The number of nitrogens with zero attached hydrogens (tertiary/aromatic N) is 1. The van der Waals surface area contributed by atoms with Gasteiger partial charge in [-0.2, -0.15) is 0 Å². The zero-order valence-electron chi connectivity index (χ0n) is 8.86. The van der Waals surface area contributed by atoms with Gasteiger partial charge in [0.15, 0.2) is 0 Å². The molecular weight excluding hydrogens is 204 g/mol. The molecule has 5 nitrogen and oxygen atoms in total. The third-order valence-corrected chi connectivity index (χ3v) is 2.26. The lowest BCUT2D eigenvalue weighted by molar-refractivity contribution is -0.121. The van der Waals surface area contributed by atoms with Crippen molar-refractivity contribution < 1.29 is 4.79 Å². The van der Waals surface area contributed by atoms with Crippen molar-refractivity contribution in [3.8, 4) is 0 Å². The molecule has 1 heterocycles. The molecule has 0 unspecified atom stereocenters. The molecular formula is C11H14N4O. The zero-order valence-corrected chi connectivity index (χ0v) is 8.86. The Morgan fingerprint density at radius 1 is 1.44 bits per heavy atom. The summed E-state index contributed by atoms with van der Waals surface area (Å²) in [5.41, 5.74) is 7.16. The fourth-order valence-corrected chi connectivity index (χ4v) is 1.49. The van der Waals surface area contributed by atoms with Gasteiger partial charge in [0.25, 0.3) is 0 Å². The van der Waals surface area contributed by atoms with Crippen LogP contribution in [-0.2, 0) is 11.3 Å². The monoisotopic (exact) mass is 218 g/mol. The van der Waals surface area contributed by atoms with Crippen molar-refractivity contribution in [1.29, 1.82) is 0 Å². The van der Waals surface area contributed by atoms with E-state index >= 15 is 0 Å². The Balaban J connectivity index is 2.02. The number of rotatable bonds is 4. The zero-order chi connectivity index (χ0) is 11.4. The second kappa shape index (κ2) is 4.76. The first-order valence-electron chi connectivity index (χ1n) is 5.20. The number of hydrogen-bond donors (Lipinski definition) is 3. The van der Waals surface area contributed by atoms with E-state index in [9.17, 15) is 4.79 Å². The molecule has 2 rings (SSSR count). The van der Waals surface area contributed by atoms with Crippen LogP contribution >= 0.6 is 0 Å². The standard InChI is InChI=1S/C11H14N4O/c12-6-5-11(16)13-7-10-14-8-3-1-2-4-9(8)15-10/h1-4H,5-7,12H2,(H,13,16)(H,14,15). The molecule has 0 aliphatic carbocycles. The quantitative estimate of drug-likeness (QED) is 0.699. The third-order valence-electron chi connectivity index (χ3n) is 2.26. The van der Waals surface area contributed by atoms with Crippen molar-refractivity contribution in [2.24, 2.45) is 5.73 Å². The van der Waals surface area contributed by atoms with Crippen LogP contribution in [0.3, 0.4) is 0 Å². The van der Waals surface area contributed by atoms with Crippen LogP contribution in [0.4, 0.5) is 0 Å². The first-order chi connectivity index (χ1) is 7.79. The van der Waals surface area contributed by atoms with E-state index in [1.165, 1.54) is 0 Å².